The van der Waals surface area contributed by atoms with Gasteiger partial charge in [-0.3, -0.25) is 0 Å². The number of hydrogen-bond donors (Lipinski definition) is 0. The van der Waals surface area contributed by atoms with Crippen LogP contribution in [0, 0.1) is 5.41 Å². The second-order valence-corrected chi connectivity index (χ2v) is 24.0. The van der Waals surface area contributed by atoms with Crippen LogP contribution in [0.2, 0.25) is 0 Å². The van der Waals surface area contributed by atoms with Crippen molar-refractivity contribution in [1.82, 2.24) is 0 Å². The van der Waals surface area contributed by atoms with Gasteiger partial charge in [0, 0.05) is 27.7 Å². The summed E-state index contributed by atoms with van der Waals surface area (Å²) in [5.41, 5.74) is 22.1. The Hall–Kier alpha value is -8.63. The van der Waals surface area contributed by atoms with Crippen LogP contribution in [0.3, 0.4) is 0 Å². The zero-order chi connectivity index (χ0) is 52.1. The third kappa shape index (κ3) is 7.94. The predicted octanol–water partition coefficient (Wildman–Crippen LogP) is 18.3. The van der Waals surface area contributed by atoms with Crippen molar-refractivity contribution in [3.8, 4) is 55.6 Å². The summed E-state index contributed by atoms with van der Waals surface area (Å²) in [6.07, 6.45) is 1.80. The molecule has 0 aromatic heterocycles. The molecule has 0 spiro atoms. The Bertz CT molecular complexity index is 4400. The number of hydrogen-bond acceptors (Lipinski definition) is 2. The molecule has 0 atom stereocenters. The molecule has 0 saturated carbocycles. The Morgan fingerprint density at radius 2 is 0.923 bits per heavy atom. The Kier molecular flexibility index (Phi) is 11.1. The molecule has 0 saturated heterocycles. The highest BCUT2D eigenvalue weighted by Gasteiger charge is 2.41. The molecule has 2 heterocycles. The van der Waals surface area contributed by atoms with E-state index < -0.39 is 0 Å². The zero-order valence-corrected chi connectivity index (χ0v) is 45.0. The van der Waals surface area contributed by atoms with Crippen molar-refractivity contribution in [2.24, 2.45) is 5.41 Å². The van der Waals surface area contributed by atoms with Crippen LogP contribution in [-0.2, 0) is 12.8 Å². The first kappa shape index (κ1) is 46.7. The molecule has 0 bridgehead atoms. The largest absolute Gasteiger partial charge is 0.342 e. The SMILES string of the molecule is CC(C)(C)Cc1cc2c3c(c1)N(CCc1c(-c4ccccc4)cc(-c4ccccc4)cc1-c1ccccc1)c1cc(-c4cc5cccc6c7cccc8cccc(c(c4)c56)c87)ccc1B3c1cc(-c3ccccc3)ccc1S2. The van der Waals surface area contributed by atoms with E-state index in [1.54, 1.807) is 0 Å². The summed E-state index contributed by atoms with van der Waals surface area (Å²) >= 11 is 1.96. The van der Waals surface area contributed by atoms with Crippen LogP contribution in [-0.4, -0.2) is 13.3 Å². The van der Waals surface area contributed by atoms with Crippen molar-refractivity contribution >= 4 is 89.3 Å². The highest BCUT2D eigenvalue weighted by Crippen LogP contribution is 2.46. The third-order valence-electron chi connectivity index (χ3n) is 16.7. The smallest absolute Gasteiger partial charge is 0.249 e. The second kappa shape index (κ2) is 18.5. The van der Waals surface area contributed by atoms with Gasteiger partial charge in [0.1, 0.15) is 0 Å². The van der Waals surface area contributed by atoms with Crippen LogP contribution >= 0.6 is 11.8 Å². The van der Waals surface area contributed by atoms with Gasteiger partial charge in [-0.2, -0.15) is 0 Å². The molecule has 2 aliphatic heterocycles. The van der Waals surface area contributed by atoms with E-state index in [4.69, 9.17) is 0 Å². The van der Waals surface area contributed by atoms with E-state index in [2.05, 4.69) is 274 Å². The minimum absolute atomic E-state index is 0.0539. The number of benzene rings is 13. The lowest BCUT2D eigenvalue weighted by Crippen LogP contribution is -2.60. The highest BCUT2D eigenvalue weighted by molar-refractivity contribution is 8.00. The average Bonchev–Trinajstić information content (AvgIpc) is 3.68. The normalized spacial score (nSPS) is 12.9. The Labute approximate surface area is 462 Å². The lowest BCUT2D eigenvalue weighted by atomic mass is 9.34. The zero-order valence-electron chi connectivity index (χ0n) is 44.2. The lowest BCUT2D eigenvalue weighted by molar-refractivity contribution is 0.411. The third-order valence-corrected chi connectivity index (χ3v) is 17.8. The van der Waals surface area contributed by atoms with E-state index in [1.165, 1.54) is 147 Å². The molecule has 2 aliphatic rings. The number of fused-ring (bicyclic) bond motifs is 6. The first-order valence-electron chi connectivity index (χ1n) is 27.7. The maximum atomic E-state index is 2.74. The first-order chi connectivity index (χ1) is 38.3. The molecule has 15 rings (SSSR count). The van der Waals surface area contributed by atoms with E-state index in [1.807, 2.05) is 11.8 Å². The average molecular weight is 1010 g/mol. The Morgan fingerprint density at radius 3 is 1.55 bits per heavy atom. The van der Waals surface area contributed by atoms with Crippen LogP contribution in [0.25, 0.3) is 98.7 Å². The molecule has 0 unspecified atom stereocenters. The molecule has 0 N–H and O–H groups in total. The van der Waals surface area contributed by atoms with Crippen molar-refractivity contribution in [3.05, 3.63) is 260 Å². The molecular weight excluding hydrogens is 958 g/mol. The molecule has 13 aromatic rings. The first-order valence-corrected chi connectivity index (χ1v) is 28.5. The predicted molar refractivity (Wildman–Crippen MR) is 337 cm³/mol. The molecule has 13 aromatic carbocycles. The van der Waals surface area contributed by atoms with Gasteiger partial charge < -0.3 is 4.90 Å². The fourth-order valence-corrected chi connectivity index (χ4v) is 14.6. The number of anilines is 2. The minimum atomic E-state index is 0.0539. The van der Waals surface area contributed by atoms with E-state index in [9.17, 15) is 0 Å². The quantitative estimate of drug-likeness (QED) is 0.0805. The Morgan fingerprint density at radius 1 is 0.385 bits per heavy atom. The molecule has 0 aliphatic carbocycles. The van der Waals surface area contributed by atoms with E-state index >= 15 is 0 Å². The lowest BCUT2D eigenvalue weighted by Gasteiger charge is -2.41. The molecule has 0 fully saturated rings. The maximum Gasteiger partial charge on any atom is 0.249 e. The minimum Gasteiger partial charge on any atom is -0.342 e. The van der Waals surface area contributed by atoms with E-state index in [0.717, 1.165) is 19.4 Å². The van der Waals surface area contributed by atoms with Gasteiger partial charge in [0.2, 0.25) is 6.71 Å². The summed E-state index contributed by atoms with van der Waals surface area (Å²) in [5.74, 6) is 0. The summed E-state index contributed by atoms with van der Waals surface area (Å²) in [6, 6.07) is 94.2. The van der Waals surface area contributed by atoms with Gasteiger partial charge in [-0.25, -0.2) is 0 Å². The summed E-state index contributed by atoms with van der Waals surface area (Å²) in [5, 5.41) is 10.5. The van der Waals surface area contributed by atoms with Crippen LogP contribution in [0.15, 0.2) is 259 Å². The summed E-state index contributed by atoms with van der Waals surface area (Å²) < 4.78 is 0. The van der Waals surface area contributed by atoms with Crippen LogP contribution < -0.4 is 21.3 Å². The van der Waals surface area contributed by atoms with Gasteiger partial charge in [-0.15, -0.1) is 0 Å². The fraction of sp³-hybridized carbons (Fsp3) is 0.0933. The molecule has 1 nitrogen and oxygen atoms in total. The number of nitrogens with zero attached hydrogens (tertiary/aromatic N) is 1. The van der Waals surface area contributed by atoms with Crippen LogP contribution in [0.1, 0.15) is 31.9 Å². The van der Waals surface area contributed by atoms with E-state index in [0.29, 0.717) is 0 Å². The summed E-state index contributed by atoms with van der Waals surface area (Å²) in [6.45, 7) is 7.97. The van der Waals surface area contributed by atoms with Gasteiger partial charge in [-0.05, 0) is 188 Å². The summed E-state index contributed by atoms with van der Waals surface area (Å²) in [7, 11) is 0. The van der Waals surface area contributed by atoms with Gasteiger partial charge in [0.25, 0.3) is 0 Å². The standard InChI is InChI=1S/C75H56BNS/c1-75(2,3)47-48-39-69-74-71(40-48)78-70-36-34-54(49-19-8-4-9-20-49)45-67(70)76(74)66-35-33-55(57-41-56-29-18-31-61-60-30-16-27-53-28-17-32-62(72(53)60)65(44-57)73(56)61)46-68(66)77(69)38-37-59-63(51-23-12-6-13-24-51)42-58(50-21-10-5-11-22-50)43-64(59)52-25-14-7-15-26-52/h4-36,39-46H,37-38,47H2,1-3H3. The van der Waals surface area contributed by atoms with Gasteiger partial charge in [-0.1, -0.05) is 238 Å². The Balaban J connectivity index is 0.969. The van der Waals surface area contributed by atoms with Gasteiger partial charge >= 0.3 is 0 Å². The van der Waals surface area contributed by atoms with Crippen molar-refractivity contribution in [3.63, 3.8) is 0 Å². The molecule has 370 valence electrons. The summed E-state index contributed by atoms with van der Waals surface area (Å²) in [4.78, 5) is 5.45. The van der Waals surface area contributed by atoms with Crippen LogP contribution in [0.4, 0.5) is 11.4 Å². The van der Waals surface area contributed by atoms with Crippen LogP contribution in [0.5, 0.6) is 0 Å². The highest BCUT2D eigenvalue weighted by atomic mass is 32.2. The number of rotatable bonds is 9. The molecule has 78 heavy (non-hydrogen) atoms. The maximum absolute atomic E-state index is 2.74. The molecule has 0 radical (unpaired) electrons. The molecule has 3 heteroatoms. The topological polar surface area (TPSA) is 3.24 Å². The monoisotopic (exact) mass is 1010 g/mol. The fourth-order valence-electron chi connectivity index (χ4n) is 13.4. The van der Waals surface area contributed by atoms with Gasteiger partial charge in [0.05, 0.1) is 0 Å². The molecule has 0 amide bonds. The van der Waals surface area contributed by atoms with E-state index in [-0.39, 0.29) is 12.1 Å². The van der Waals surface area contributed by atoms with Crippen molar-refractivity contribution in [1.29, 1.82) is 0 Å². The van der Waals surface area contributed by atoms with Crippen molar-refractivity contribution in [2.45, 2.75) is 43.4 Å². The van der Waals surface area contributed by atoms with Crippen molar-refractivity contribution < 1.29 is 0 Å². The molecular formula is C75H56BNS. The second-order valence-electron chi connectivity index (χ2n) is 22.9. The van der Waals surface area contributed by atoms with Crippen molar-refractivity contribution in [2.75, 3.05) is 11.4 Å². The van der Waals surface area contributed by atoms with Gasteiger partial charge in [0.15, 0.2) is 0 Å².